The Morgan fingerprint density at radius 3 is 2.05 bits per heavy atom. The summed E-state index contributed by atoms with van der Waals surface area (Å²) in [5.41, 5.74) is 0.452. The highest BCUT2D eigenvalue weighted by Gasteiger charge is 2.19. The lowest BCUT2D eigenvalue weighted by molar-refractivity contribution is 0.0747. The molecule has 0 aliphatic rings. The predicted molar refractivity (Wildman–Crippen MR) is 75.2 cm³/mol. The van der Waals surface area contributed by atoms with Crippen LogP contribution in [0, 0.1) is 5.82 Å². The van der Waals surface area contributed by atoms with Crippen molar-refractivity contribution in [3.8, 4) is 0 Å². The van der Waals surface area contributed by atoms with E-state index >= 15 is 0 Å². The molecule has 0 heterocycles. The van der Waals surface area contributed by atoms with Gasteiger partial charge in [-0.3, -0.25) is 4.79 Å². The molecule has 0 amide bonds. The number of carbonyl (C=O) groups excluding carboxylic acids is 1. The molecule has 4 nitrogen and oxygen atoms in total. The quantitative estimate of drug-likeness (QED) is 0.879. The average molecular weight is 308 g/mol. The number of aliphatic hydroxyl groups is 1. The monoisotopic (exact) mass is 308 g/mol. The minimum Gasteiger partial charge on any atom is -0.380 e. The van der Waals surface area contributed by atoms with Crippen LogP contribution in [-0.2, 0) is 9.84 Å². The van der Waals surface area contributed by atoms with E-state index in [1.165, 1.54) is 36.4 Å². The molecule has 0 aliphatic heterocycles. The van der Waals surface area contributed by atoms with Crippen LogP contribution in [0.15, 0.2) is 53.4 Å². The molecule has 0 spiro atoms. The van der Waals surface area contributed by atoms with Crippen LogP contribution >= 0.6 is 0 Å². The van der Waals surface area contributed by atoms with Gasteiger partial charge in [-0.25, -0.2) is 12.8 Å². The van der Waals surface area contributed by atoms with Gasteiger partial charge in [-0.2, -0.15) is 0 Å². The number of aliphatic hydroxyl groups excluding tert-OH is 1. The molecule has 0 saturated heterocycles. The number of Topliss-reactive ketones (excluding diaryl/α,β-unsaturated/α-hetero) is 1. The molecule has 110 valence electrons. The number of hydrogen-bond donors (Lipinski definition) is 1. The van der Waals surface area contributed by atoms with Gasteiger partial charge < -0.3 is 5.11 Å². The molecular formula is C15H13FO4S. The molecule has 0 aromatic heterocycles. The molecule has 0 fully saturated rings. The summed E-state index contributed by atoms with van der Waals surface area (Å²) in [5.74, 6) is -1.05. The van der Waals surface area contributed by atoms with E-state index in [2.05, 4.69) is 0 Å². The van der Waals surface area contributed by atoms with Gasteiger partial charge in [-0.1, -0.05) is 12.1 Å². The summed E-state index contributed by atoms with van der Waals surface area (Å²) in [6, 6.07) is 10.2. The van der Waals surface area contributed by atoms with Crippen LogP contribution in [-0.4, -0.2) is 25.6 Å². The Balaban J connectivity index is 2.25. The summed E-state index contributed by atoms with van der Waals surface area (Å²) in [5, 5.41) is 10.0. The number of ketones is 1. The zero-order chi connectivity index (χ0) is 15.6. The summed E-state index contributed by atoms with van der Waals surface area (Å²) >= 11 is 0. The number of sulfone groups is 1. The number of rotatable bonds is 4. The Labute approximate surface area is 121 Å². The van der Waals surface area contributed by atoms with E-state index in [0.717, 1.165) is 18.4 Å². The Bertz CT molecular complexity index is 749. The number of halogens is 1. The fourth-order valence-corrected chi connectivity index (χ4v) is 2.45. The smallest absolute Gasteiger partial charge is 0.195 e. The van der Waals surface area contributed by atoms with Crippen molar-refractivity contribution in [2.45, 2.75) is 11.0 Å². The van der Waals surface area contributed by atoms with Crippen molar-refractivity contribution in [2.75, 3.05) is 6.26 Å². The topological polar surface area (TPSA) is 71.4 Å². The minimum atomic E-state index is -3.33. The first-order valence-electron chi connectivity index (χ1n) is 6.07. The molecule has 0 radical (unpaired) electrons. The second-order valence-corrected chi connectivity index (χ2v) is 6.63. The highest BCUT2D eigenvalue weighted by molar-refractivity contribution is 7.90. The first-order chi connectivity index (χ1) is 9.79. The highest BCUT2D eigenvalue weighted by atomic mass is 32.2. The van der Waals surface area contributed by atoms with E-state index in [9.17, 15) is 22.7 Å². The lowest BCUT2D eigenvalue weighted by atomic mass is 10.0. The van der Waals surface area contributed by atoms with Crippen LogP contribution in [0.1, 0.15) is 22.0 Å². The maximum Gasteiger partial charge on any atom is 0.195 e. The molecule has 21 heavy (non-hydrogen) atoms. The second kappa shape index (κ2) is 5.75. The van der Waals surface area contributed by atoms with Gasteiger partial charge in [-0.15, -0.1) is 0 Å². The molecular weight excluding hydrogens is 295 g/mol. The van der Waals surface area contributed by atoms with Gasteiger partial charge >= 0.3 is 0 Å². The molecule has 0 saturated carbocycles. The van der Waals surface area contributed by atoms with E-state index in [0.29, 0.717) is 0 Å². The van der Waals surface area contributed by atoms with Gasteiger partial charge in [0, 0.05) is 11.8 Å². The van der Waals surface area contributed by atoms with E-state index < -0.39 is 27.5 Å². The Morgan fingerprint density at radius 2 is 1.57 bits per heavy atom. The highest BCUT2D eigenvalue weighted by Crippen LogP contribution is 2.20. The Morgan fingerprint density at radius 1 is 1.05 bits per heavy atom. The largest absolute Gasteiger partial charge is 0.380 e. The van der Waals surface area contributed by atoms with Gasteiger partial charge in [0.05, 0.1) is 4.90 Å². The third-order valence-electron chi connectivity index (χ3n) is 3.00. The van der Waals surface area contributed by atoms with Crippen molar-refractivity contribution >= 4 is 15.6 Å². The van der Waals surface area contributed by atoms with Crippen LogP contribution in [0.25, 0.3) is 0 Å². The predicted octanol–water partition coefficient (Wildman–Crippen LogP) is 2.15. The average Bonchev–Trinajstić information content (AvgIpc) is 2.46. The summed E-state index contributed by atoms with van der Waals surface area (Å²) in [6.45, 7) is 0. The molecule has 1 unspecified atom stereocenters. The standard InChI is InChI=1S/C15H13FO4S/c1-21(19,20)13-8-4-11(5-9-13)15(18)14(17)10-2-6-12(16)7-3-10/h2-9,15,18H,1H3. The zero-order valence-electron chi connectivity index (χ0n) is 11.2. The van der Waals surface area contributed by atoms with Crippen molar-refractivity contribution in [3.63, 3.8) is 0 Å². The summed E-state index contributed by atoms with van der Waals surface area (Å²) in [7, 11) is -3.33. The van der Waals surface area contributed by atoms with Crippen molar-refractivity contribution in [1.82, 2.24) is 0 Å². The van der Waals surface area contributed by atoms with E-state index in [1.807, 2.05) is 0 Å². The second-order valence-electron chi connectivity index (χ2n) is 4.61. The molecule has 1 atom stereocenters. The van der Waals surface area contributed by atoms with Crippen LogP contribution in [0.4, 0.5) is 4.39 Å². The van der Waals surface area contributed by atoms with Gasteiger partial charge in [0.25, 0.3) is 0 Å². The lowest BCUT2D eigenvalue weighted by Crippen LogP contribution is -2.12. The Kier molecular flexibility index (Phi) is 4.20. The third-order valence-corrected chi connectivity index (χ3v) is 4.13. The summed E-state index contributed by atoms with van der Waals surface area (Å²) in [6.07, 6.45) is -0.355. The fourth-order valence-electron chi connectivity index (χ4n) is 1.82. The summed E-state index contributed by atoms with van der Waals surface area (Å²) in [4.78, 5) is 12.2. The molecule has 2 rings (SSSR count). The zero-order valence-corrected chi connectivity index (χ0v) is 12.0. The minimum absolute atomic E-state index is 0.104. The molecule has 6 heteroatoms. The van der Waals surface area contributed by atoms with E-state index in [4.69, 9.17) is 0 Å². The lowest BCUT2D eigenvalue weighted by Gasteiger charge is -2.10. The Hall–Kier alpha value is -2.05. The van der Waals surface area contributed by atoms with Crippen LogP contribution in [0.2, 0.25) is 0 Å². The SMILES string of the molecule is CS(=O)(=O)c1ccc(C(O)C(=O)c2ccc(F)cc2)cc1. The van der Waals surface area contributed by atoms with E-state index in [-0.39, 0.29) is 16.0 Å². The molecule has 1 N–H and O–H groups in total. The van der Waals surface area contributed by atoms with Crippen molar-refractivity contribution in [3.05, 3.63) is 65.5 Å². The first kappa shape index (κ1) is 15.3. The normalized spacial score (nSPS) is 12.9. The van der Waals surface area contributed by atoms with Crippen molar-refractivity contribution in [1.29, 1.82) is 0 Å². The van der Waals surface area contributed by atoms with E-state index in [1.54, 1.807) is 0 Å². The van der Waals surface area contributed by atoms with Gasteiger partial charge in [0.15, 0.2) is 15.6 Å². The maximum absolute atomic E-state index is 12.8. The summed E-state index contributed by atoms with van der Waals surface area (Å²) < 4.78 is 35.5. The molecule has 2 aromatic rings. The van der Waals surface area contributed by atoms with Crippen LogP contribution in [0.3, 0.4) is 0 Å². The third kappa shape index (κ3) is 3.53. The van der Waals surface area contributed by atoms with Crippen LogP contribution in [0.5, 0.6) is 0 Å². The first-order valence-corrected chi connectivity index (χ1v) is 7.96. The molecule has 0 aliphatic carbocycles. The van der Waals surface area contributed by atoms with Gasteiger partial charge in [-0.05, 0) is 42.0 Å². The number of benzene rings is 2. The van der Waals surface area contributed by atoms with Crippen LogP contribution < -0.4 is 0 Å². The van der Waals surface area contributed by atoms with Gasteiger partial charge in [0.2, 0.25) is 0 Å². The number of hydrogen-bond acceptors (Lipinski definition) is 4. The van der Waals surface area contributed by atoms with Crippen molar-refractivity contribution < 1.29 is 22.7 Å². The molecule has 0 bridgehead atoms. The molecule has 2 aromatic carbocycles. The van der Waals surface area contributed by atoms with Gasteiger partial charge in [0.1, 0.15) is 11.9 Å². The van der Waals surface area contributed by atoms with Crippen molar-refractivity contribution in [2.24, 2.45) is 0 Å². The fraction of sp³-hybridized carbons (Fsp3) is 0.133. The maximum atomic E-state index is 12.8. The number of carbonyl (C=O) groups is 1.